The first kappa shape index (κ1) is 16.5. The van der Waals surface area contributed by atoms with Crippen molar-refractivity contribution >= 4 is 22.4 Å². The lowest BCUT2D eigenvalue weighted by atomic mass is 10.0. The fourth-order valence-electron chi connectivity index (χ4n) is 2.45. The van der Waals surface area contributed by atoms with Crippen LogP contribution < -0.4 is 10.2 Å². The third-order valence-corrected chi connectivity index (χ3v) is 3.92. The van der Waals surface area contributed by atoms with E-state index in [1.807, 2.05) is 43.3 Å². The maximum atomic E-state index is 12.1. The standard InChI is InChI=1S/C20H18N2O3/c1-13(21-22-20(24)14-5-8-18(23)9-6-14)15-3-4-17-12-19(25-2)10-7-16(17)11-15/h3-12,23H,1-2H3,(H,22,24)/b21-13+. The number of carbonyl (C=O) groups is 1. The van der Waals surface area contributed by atoms with Crippen LogP contribution in [0.4, 0.5) is 0 Å². The quantitative estimate of drug-likeness (QED) is 0.564. The van der Waals surface area contributed by atoms with Gasteiger partial charge in [0.05, 0.1) is 12.8 Å². The zero-order valence-corrected chi connectivity index (χ0v) is 14.0. The van der Waals surface area contributed by atoms with E-state index in [0.717, 1.165) is 22.1 Å². The number of nitrogens with zero attached hydrogens (tertiary/aromatic N) is 1. The summed E-state index contributed by atoms with van der Waals surface area (Å²) in [5.41, 5.74) is 4.58. The van der Waals surface area contributed by atoms with Crippen LogP contribution in [-0.2, 0) is 0 Å². The van der Waals surface area contributed by atoms with Gasteiger partial charge in [-0.15, -0.1) is 0 Å². The minimum atomic E-state index is -0.329. The van der Waals surface area contributed by atoms with Gasteiger partial charge >= 0.3 is 0 Å². The first-order valence-corrected chi connectivity index (χ1v) is 7.78. The highest BCUT2D eigenvalue weighted by molar-refractivity contribution is 6.03. The van der Waals surface area contributed by atoms with Gasteiger partial charge in [0.25, 0.3) is 5.91 Å². The summed E-state index contributed by atoms with van der Waals surface area (Å²) in [6.45, 7) is 1.84. The van der Waals surface area contributed by atoms with Gasteiger partial charge in [-0.1, -0.05) is 18.2 Å². The Morgan fingerprint density at radius 2 is 1.60 bits per heavy atom. The lowest BCUT2D eigenvalue weighted by molar-refractivity contribution is 0.0955. The molecule has 3 rings (SSSR count). The highest BCUT2D eigenvalue weighted by Gasteiger charge is 2.06. The topological polar surface area (TPSA) is 70.9 Å². The van der Waals surface area contributed by atoms with Crippen LogP contribution in [0.2, 0.25) is 0 Å². The Kier molecular flexibility index (Phi) is 4.66. The minimum absolute atomic E-state index is 0.115. The molecule has 0 aromatic heterocycles. The van der Waals surface area contributed by atoms with Crippen LogP contribution in [0, 0.1) is 0 Å². The normalized spacial score (nSPS) is 11.4. The smallest absolute Gasteiger partial charge is 0.271 e. The number of hydrazone groups is 1. The maximum absolute atomic E-state index is 12.1. The Morgan fingerprint density at radius 3 is 2.32 bits per heavy atom. The molecule has 2 N–H and O–H groups in total. The number of amides is 1. The highest BCUT2D eigenvalue weighted by Crippen LogP contribution is 2.22. The molecule has 3 aromatic rings. The molecular formula is C20H18N2O3. The average Bonchev–Trinajstić information content (AvgIpc) is 2.65. The summed E-state index contributed by atoms with van der Waals surface area (Å²) < 4.78 is 5.23. The van der Waals surface area contributed by atoms with Crippen LogP contribution in [0.3, 0.4) is 0 Å². The monoisotopic (exact) mass is 334 g/mol. The van der Waals surface area contributed by atoms with Gasteiger partial charge in [0.2, 0.25) is 0 Å². The fourth-order valence-corrected chi connectivity index (χ4v) is 2.45. The van der Waals surface area contributed by atoms with Crippen molar-refractivity contribution in [3.8, 4) is 11.5 Å². The zero-order valence-electron chi connectivity index (χ0n) is 14.0. The Bertz CT molecular complexity index is 947. The largest absolute Gasteiger partial charge is 0.508 e. The van der Waals surface area contributed by atoms with Crippen LogP contribution >= 0.6 is 0 Å². The summed E-state index contributed by atoms with van der Waals surface area (Å²) in [5, 5.41) is 15.6. The van der Waals surface area contributed by atoms with E-state index in [0.29, 0.717) is 11.3 Å². The Labute approximate surface area is 145 Å². The third-order valence-electron chi connectivity index (χ3n) is 3.92. The minimum Gasteiger partial charge on any atom is -0.508 e. The van der Waals surface area contributed by atoms with E-state index in [2.05, 4.69) is 10.5 Å². The van der Waals surface area contributed by atoms with Gasteiger partial charge in [-0.05, 0) is 65.7 Å². The summed E-state index contributed by atoms with van der Waals surface area (Å²) in [6, 6.07) is 17.8. The van der Waals surface area contributed by atoms with E-state index in [1.165, 1.54) is 12.1 Å². The Hall–Kier alpha value is -3.34. The summed E-state index contributed by atoms with van der Waals surface area (Å²) in [7, 11) is 1.64. The number of methoxy groups -OCH3 is 1. The first-order valence-electron chi connectivity index (χ1n) is 7.78. The van der Waals surface area contributed by atoms with Crippen LogP contribution in [0.25, 0.3) is 10.8 Å². The number of phenols is 1. The highest BCUT2D eigenvalue weighted by atomic mass is 16.5. The molecule has 126 valence electrons. The molecule has 25 heavy (non-hydrogen) atoms. The number of hydrogen-bond acceptors (Lipinski definition) is 4. The average molecular weight is 334 g/mol. The van der Waals surface area contributed by atoms with Crippen molar-refractivity contribution in [1.29, 1.82) is 0 Å². The van der Waals surface area contributed by atoms with Gasteiger partial charge in [-0.2, -0.15) is 5.10 Å². The van der Waals surface area contributed by atoms with Gasteiger partial charge < -0.3 is 9.84 Å². The van der Waals surface area contributed by atoms with Crippen LogP contribution in [-0.4, -0.2) is 23.8 Å². The lowest BCUT2D eigenvalue weighted by Gasteiger charge is -2.06. The number of aromatic hydroxyl groups is 1. The van der Waals surface area contributed by atoms with Crippen molar-refractivity contribution in [2.45, 2.75) is 6.92 Å². The lowest BCUT2D eigenvalue weighted by Crippen LogP contribution is -2.19. The van der Waals surface area contributed by atoms with Crippen molar-refractivity contribution in [1.82, 2.24) is 5.43 Å². The fraction of sp³-hybridized carbons (Fsp3) is 0.100. The maximum Gasteiger partial charge on any atom is 0.271 e. The molecule has 0 aliphatic rings. The molecule has 0 heterocycles. The molecule has 1 amide bonds. The molecule has 3 aromatic carbocycles. The Morgan fingerprint density at radius 1 is 0.960 bits per heavy atom. The second-order valence-electron chi connectivity index (χ2n) is 5.61. The summed E-state index contributed by atoms with van der Waals surface area (Å²) in [6.07, 6.45) is 0. The molecule has 0 bridgehead atoms. The first-order chi connectivity index (χ1) is 12.1. The molecule has 0 radical (unpaired) electrons. The van der Waals surface area contributed by atoms with Gasteiger partial charge in [-0.25, -0.2) is 5.43 Å². The molecule has 0 aliphatic carbocycles. The molecule has 0 aliphatic heterocycles. The predicted octanol–water partition coefficient (Wildman–Crippen LogP) is 3.71. The molecule has 0 spiro atoms. The molecule has 0 unspecified atom stereocenters. The van der Waals surface area contributed by atoms with Crippen molar-refractivity contribution in [3.05, 3.63) is 71.8 Å². The molecule has 5 heteroatoms. The van der Waals surface area contributed by atoms with E-state index >= 15 is 0 Å². The molecular weight excluding hydrogens is 316 g/mol. The SMILES string of the molecule is COc1ccc2cc(/C(C)=N/NC(=O)c3ccc(O)cc3)ccc2c1. The Balaban J connectivity index is 1.78. The van der Waals surface area contributed by atoms with E-state index in [4.69, 9.17) is 4.74 Å². The number of ether oxygens (including phenoxy) is 1. The van der Waals surface area contributed by atoms with E-state index in [1.54, 1.807) is 19.2 Å². The van der Waals surface area contributed by atoms with Crippen LogP contribution in [0.5, 0.6) is 11.5 Å². The predicted molar refractivity (Wildman–Crippen MR) is 98.3 cm³/mol. The number of nitrogens with one attached hydrogen (secondary N) is 1. The number of rotatable bonds is 4. The zero-order chi connectivity index (χ0) is 17.8. The van der Waals surface area contributed by atoms with Gasteiger partial charge in [0, 0.05) is 5.56 Å². The second-order valence-corrected chi connectivity index (χ2v) is 5.61. The van der Waals surface area contributed by atoms with Crippen molar-refractivity contribution in [2.75, 3.05) is 7.11 Å². The van der Waals surface area contributed by atoms with Crippen molar-refractivity contribution < 1.29 is 14.6 Å². The van der Waals surface area contributed by atoms with Crippen molar-refractivity contribution in [3.63, 3.8) is 0 Å². The third kappa shape index (κ3) is 3.77. The summed E-state index contributed by atoms with van der Waals surface area (Å²) >= 11 is 0. The summed E-state index contributed by atoms with van der Waals surface area (Å²) in [5.74, 6) is 0.598. The number of hydrogen-bond donors (Lipinski definition) is 2. The van der Waals surface area contributed by atoms with Crippen LogP contribution in [0.1, 0.15) is 22.8 Å². The number of phenolic OH excluding ortho intramolecular Hbond substituents is 1. The molecule has 5 nitrogen and oxygen atoms in total. The molecule has 0 atom stereocenters. The van der Waals surface area contributed by atoms with Gasteiger partial charge in [0.15, 0.2) is 0 Å². The van der Waals surface area contributed by atoms with E-state index in [-0.39, 0.29) is 11.7 Å². The van der Waals surface area contributed by atoms with Gasteiger partial charge in [-0.3, -0.25) is 4.79 Å². The second kappa shape index (κ2) is 7.05. The number of benzene rings is 3. The van der Waals surface area contributed by atoms with Crippen LogP contribution in [0.15, 0.2) is 65.8 Å². The number of fused-ring (bicyclic) bond motifs is 1. The van der Waals surface area contributed by atoms with E-state index < -0.39 is 0 Å². The molecule has 0 fully saturated rings. The van der Waals surface area contributed by atoms with Crippen molar-refractivity contribution in [2.24, 2.45) is 5.10 Å². The number of carbonyl (C=O) groups excluding carboxylic acids is 1. The molecule has 0 saturated carbocycles. The van der Waals surface area contributed by atoms with E-state index in [9.17, 15) is 9.90 Å². The summed E-state index contributed by atoms with van der Waals surface area (Å²) in [4.78, 5) is 12.1. The van der Waals surface area contributed by atoms with Gasteiger partial charge in [0.1, 0.15) is 11.5 Å². The molecule has 0 saturated heterocycles.